The van der Waals surface area contributed by atoms with Crippen molar-refractivity contribution in [1.82, 2.24) is 0 Å². The third-order valence-corrected chi connectivity index (χ3v) is 1.74. The molecule has 0 aliphatic heterocycles. The zero-order valence-corrected chi connectivity index (χ0v) is 8.76. The lowest BCUT2D eigenvalue weighted by atomic mass is 10.2. The highest BCUT2D eigenvalue weighted by Gasteiger charge is 2.61. The lowest BCUT2D eigenvalue weighted by Gasteiger charge is -2.20. The average molecular weight is 266 g/mol. The van der Waals surface area contributed by atoms with E-state index in [1.165, 1.54) is 12.1 Å². The summed E-state index contributed by atoms with van der Waals surface area (Å²) in [6, 6.07) is 4.26. The Kier molecular flexibility index (Phi) is 4.14. The fourth-order valence-electron chi connectivity index (χ4n) is 0.954. The summed E-state index contributed by atoms with van der Waals surface area (Å²) in [6.07, 6.45) is -11.0. The van der Waals surface area contributed by atoms with Gasteiger partial charge in [-0.2, -0.15) is 22.0 Å². The molecular formula is C11H7F5O2. The van der Waals surface area contributed by atoms with Crippen LogP contribution in [-0.2, 0) is 0 Å². The van der Waals surface area contributed by atoms with E-state index in [0.717, 1.165) is 12.1 Å². The van der Waals surface area contributed by atoms with E-state index in [0.29, 0.717) is 5.56 Å². The van der Waals surface area contributed by atoms with Gasteiger partial charge in [0.15, 0.2) is 0 Å². The molecule has 0 bridgehead atoms. The van der Waals surface area contributed by atoms with Crippen molar-refractivity contribution < 1.29 is 31.8 Å². The van der Waals surface area contributed by atoms with Gasteiger partial charge in [0, 0.05) is 5.56 Å². The maximum atomic E-state index is 12.5. The average Bonchev–Trinajstić information content (AvgIpc) is 2.26. The number of halogens is 5. The maximum absolute atomic E-state index is 12.5. The van der Waals surface area contributed by atoms with E-state index in [1.807, 2.05) is 0 Å². The Morgan fingerprint density at radius 1 is 1.06 bits per heavy atom. The topological polar surface area (TPSA) is 29.5 Å². The minimum Gasteiger partial charge on any atom is -0.426 e. The van der Waals surface area contributed by atoms with E-state index >= 15 is 0 Å². The van der Waals surface area contributed by atoms with Crippen LogP contribution in [0, 0.1) is 11.8 Å². The first-order valence-corrected chi connectivity index (χ1v) is 4.59. The molecule has 1 aromatic rings. The maximum Gasteiger partial charge on any atom is 0.499 e. The molecule has 0 aliphatic carbocycles. The van der Waals surface area contributed by atoms with Crippen LogP contribution in [0.4, 0.5) is 22.0 Å². The van der Waals surface area contributed by atoms with Crippen molar-refractivity contribution in [3.8, 4) is 17.6 Å². The van der Waals surface area contributed by atoms with Crippen LogP contribution in [0.3, 0.4) is 0 Å². The molecule has 0 unspecified atom stereocenters. The Balaban J connectivity index is 2.81. The van der Waals surface area contributed by atoms with Crippen LogP contribution >= 0.6 is 0 Å². The van der Waals surface area contributed by atoms with Gasteiger partial charge in [0.25, 0.3) is 0 Å². The summed E-state index contributed by atoms with van der Waals surface area (Å²) < 4.78 is 64.1. The number of ether oxygens (including phenoxy) is 1. The van der Waals surface area contributed by atoms with Crippen LogP contribution in [0.25, 0.3) is 0 Å². The van der Waals surface area contributed by atoms with Gasteiger partial charge in [0.1, 0.15) is 12.4 Å². The number of benzene rings is 1. The zero-order chi connectivity index (χ0) is 13.8. The second kappa shape index (κ2) is 5.23. The van der Waals surface area contributed by atoms with Crippen LogP contribution < -0.4 is 4.74 Å². The van der Waals surface area contributed by atoms with Crippen molar-refractivity contribution in [1.29, 1.82) is 0 Å². The van der Waals surface area contributed by atoms with Gasteiger partial charge in [0.2, 0.25) is 0 Å². The molecule has 2 nitrogen and oxygen atoms in total. The van der Waals surface area contributed by atoms with Gasteiger partial charge < -0.3 is 9.84 Å². The van der Waals surface area contributed by atoms with Gasteiger partial charge in [0.05, 0.1) is 0 Å². The smallest absolute Gasteiger partial charge is 0.426 e. The van der Waals surface area contributed by atoms with Crippen LogP contribution in [0.1, 0.15) is 5.56 Å². The first kappa shape index (κ1) is 14.3. The number of aliphatic hydroxyl groups is 1. The summed E-state index contributed by atoms with van der Waals surface area (Å²) in [5.74, 6) is 4.11. The molecular weight excluding hydrogens is 259 g/mol. The van der Waals surface area contributed by atoms with Crippen molar-refractivity contribution in [2.75, 3.05) is 6.61 Å². The largest absolute Gasteiger partial charge is 0.499 e. The Hall–Kier alpha value is -1.81. The van der Waals surface area contributed by atoms with Gasteiger partial charge in [-0.1, -0.05) is 11.8 Å². The van der Waals surface area contributed by atoms with Gasteiger partial charge >= 0.3 is 12.3 Å². The molecule has 0 saturated carbocycles. The fourth-order valence-corrected chi connectivity index (χ4v) is 0.954. The summed E-state index contributed by atoms with van der Waals surface area (Å²) in [6.45, 7) is -0.385. The Labute approximate surface area is 99.0 Å². The number of aliphatic hydroxyl groups excluding tert-OH is 1. The molecule has 0 fully saturated rings. The fraction of sp³-hybridized carbons (Fsp3) is 0.273. The number of alkyl halides is 5. The summed E-state index contributed by atoms with van der Waals surface area (Å²) in [7, 11) is 0. The van der Waals surface area contributed by atoms with Crippen LogP contribution in [0.5, 0.6) is 5.75 Å². The molecule has 0 spiro atoms. The van der Waals surface area contributed by atoms with Crippen molar-refractivity contribution >= 4 is 0 Å². The molecule has 7 heteroatoms. The molecule has 0 aromatic heterocycles. The van der Waals surface area contributed by atoms with Crippen molar-refractivity contribution in [2.45, 2.75) is 12.3 Å². The second-order valence-electron chi connectivity index (χ2n) is 3.10. The predicted molar refractivity (Wildman–Crippen MR) is 52.0 cm³/mol. The SMILES string of the molecule is OCC#Cc1ccc(OC(F)(F)C(F)(F)F)cc1. The quantitative estimate of drug-likeness (QED) is 0.658. The van der Waals surface area contributed by atoms with E-state index < -0.39 is 18.0 Å². The van der Waals surface area contributed by atoms with Gasteiger partial charge in [-0.05, 0) is 24.3 Å². The second-order valence-corrected chi connectivity index (χ2v) is 3.10. The summed E-state index contributed by atoms with van der Waals surface area (Å²) >= 11 is 0. The monoisotopic (exact) mass is 266 g/mol. The van der Waals surface area contributed by atoms with Crippen molar-refractivity contribution in [2.24, 2.45) is 0 Å². The summed E-state index contributed by atoms with van der Waals surface area (Å²) in [5.41, 5.74) is 0.353. The molecule has 18 heavy (non-hydrogen) atoms. The van der Waals surface area contributed by atoms with Crippen molar-refractivity contribution in [3.63, 3.8) is 0 Å². The van der Waals surface area contributed by atoms with Gasteiger partial charge in [-0.15, -0.1) is 0 Å². The molecule has 0 amide bonds. The van der Waals surface area contributed by atoms with Crippen LogP contribution in [0.2, 0.25) is 0 Å². The Bertz CT molecular complexity index is 453. The highest BCUT2D eigenvalue weighted by atomic mass is 19.4. The lowest BCUT2D eigenvalue weighted by molar-refractivity contribution is -0.360. The van der Waals surface area contributed by atoms with Crippen molar-refractivity contribution in [3.05, 3.63) is 29.8 Å². The first-order valence-electron chi connectivity index (χ1n) is 4.59. The van der Waals surface area contributed by atoms with Crippen LogP contribution in [-0.4, -0.2) is 24.0 Å². The van der Waals surface area contributed by atoms with Crippen LogP contribution in [0.15, 0.2) is 24.3 Å². The number of rotatable bonds is 2. The Morgan fingerprint density at radius 3 is 2.06 bits per heavy atom. The summed E-state index contributed by atoms with van der Waals surface area (Å²) in [4.78, 5) is 0. The number of hydrogen-bond acceptors (Lipinski definition) is 2. The molecule has 0 heterocycles. The number of hydrogen-bond donors (Lipinski definition) is 1. The minimum absolute atomic E-state index is 0.353. The molecule has 0 atom stereocenters. The molecule has 0 aliphatic rings. The van der Waals surface area contributed by atoms with E-state index in [-0.39, 0.29) is 6.61 Å². The molecule has 98 valence electrons. The van der Waals surface area contributed by atoms with E-state index in [9.17, 15) is 22.0 Å². The lowest BCUT2D eigenvalue weighted by Crippen LogP contribution is -2.41. The molecule has 1 aromatic carbocycles. The first-order chi connectivity index (χ1) is 8.26. The highest BCUT2D eigenvalue weighted by molar-refractivity contribution is 5.38. The molecule has 1 N–H and O–H groups in total. The highest BCUT2D eigenvalue weighted by Crippen LogP contribution is 2.37. The van der Waals surface area contributed by atoms with Gasteiger partial charge in [-0.3, -0.25) is 0 Å². The van der Waals surface area contributed by atoms with E-state index in [1.54, 1.807) is 0 Å². The summed E-state index contributed by atoms with van der Waals surface area (Å²) in [5, 5.41) is 8.40. The normalized spacial score (nSPS) is 11.7. The Morgan fingerprint density at radius 2 is 1.61 bits per heavy atom. The zero-order valence-electron chi connectivity index (χ0n) is 8.76. The van der Waals surface area contributed by atoms with E-state index in [4.69, 9.17) is 5.11 Å². The molecule has 0 saturated heterocycles. The minimum atomic E-state index is -5.78. The van der Waals surface area contributed by atoms with E-state index in [2.05, 4.69) is 16.6 Å². The van der Waals surface area contributed by atoms with Gasteiger partial charge in [-0.25, -0.2) is 0 Å². The third-order valence-electron chi connectivity index (χ3n) is 1.74. The predicted octanol–water partition coefficient (Wildman–Crippen LogP) is 2.56. The molecule has 1 rings (SSSR count). The third kappa shape index (κ3) is 3.60. The standard InChI is InChI=1S/C11H7F5O2/c12-10(13,14)11(15,16)18-9-5-3-8(4-6-9)2-1-7-17/h3-6,17H,7H2. The molecule has 0 radical (unpaired) electrons.